The van der Waals surface area contributed by atoms with Crippen LogP contribution >= 0.6 is 0 Å². The van der Waals surface area contributed by atoms with E-state index in [-0.39, 0.29) is 24.7 Å². The van der Waals surface area contributed by atoms with Gasteiger partial charge in [0.15, 0.2) is 0 Å². The Bertz CT molecular complexity index is 1270. The van der Waals surface area contributed by atoms with E-state index in [1.165, 1.54) is 13.0 Å². The summed E-state index contributed by atoms with van der Waals surface area (Å²) in [5, 5.41) is 13.2. The number of halogens is 6. The van der Waals surface area contributed by atoms with Gasteiger partial charge in [-0.2, -0.15) is 26.3 Å². The first-order chi connectivity index (χ1) is 19.2. The summed E-state index contributed by atoms with van der Waals surface area (Å²) in [6.45, 7) is 4.33. The minimum Gasteiger partial charge on any atom is -0.445 e. The molecule has 0 fully saturated rings. The fourth-order valence-corrected chi connectivity index (χ4v) is 4.15. The van der Waals surface area contributed by atoms with Crippen LogP contribution in [0.1, 0.15) is 47.3 Å². The van der Waals surface area contributed by atoms with Crippen molar-refractivity contribution in [3.8, 4) is 0 Å². The first-order valence-electron chi connectivity index (χ1n) is 12.5. The number of carbonyl (C=O) groups is 1. The van der Waals surface area contributed by atoms with Gasteiger partial charge in [0, 0.05) is 6.42 Å². The van der Waals surface area contributed by atoms with Crippen LogP contribution in [0.4, 0.5) is 31.1 Å². The quantitative estimate of drug-likeness (QED) is 0.181. The van der Waals surface area contributed by atoms with Crippen LogP contribution in [0.25, 0.3) is 0 Å². The molecule has 220 valence electrons. The molecule has 3 aromatic rings. The molecule has 0 bridgehead atoms. The third-order valence-electron chi connectivity index (χ3n) is 6.37. The normalized spacial score (nSPS) is 14.9. The summed E-state index contributed by atoms with van der Waals surface area (Å²) in [5.74, 6) is 0. The molecule has 0 saturated carbocycles. The summed E-state index contributed by atoms with van der Waals surface area (Å²) >= 11 is 0. The predicted molar refractivity (Wildman–Crippen MR) is 140 cm³/mol. The van der Waals surface area contributed by atoms with Crippen molar-refractivity contribution in [1.82, 2.24) is 5.32 Å². The molecule has 0 spiro atoms. The zero-order valence-corrected chi connectivity index (χ0v) is 22.0. The lowest BCUT2D eigenvalue weighted by Crippen LogP contribution is -2.51. The number of amides is 1. The Balaban J connectivity index is 1.94. The van der Waals surface area contributed by atoms with Crippen molar-refractivity contribution in [2.75, 3.05) is 6.61 Å². The van der Waals surface area contributed by atoms with E-state index in [2.05, 4.69) is 11.9 Å². The van der Waals surface area contributed by atoms with Gasteiger partial charge >= 0.3 is 18.4 Å². The van der Waals surface area contributed by atoms with Gasteiger partial charge in [0.25, 0.3) is 0 Å². The van der Waals surface area contributed by atoms with Gasteiger partial charge < -0.3 is 19.9 Å². The Morgan fingerprint density at radius 1 is 0.902 bits per heavy atom. The van der Waals surface area contributed by atoms with Crippen molar-refractivity contribution < 1.29 is 45.7 Å². The number of aliphatic hydroxyl groups excluding tert-OH is 1. The van der Waals surface area contributed by atoms with Crippen LogP contribution in [-0.2, 0) is 34.0 Å². The molecule has 0 aliphatic rings. The SMILES string of the molecule is C=C[C@@H](O)C[C@](CO[C@H](C)c1cc(C(F)(F)F)cc(C(F)(F)F)c1)(NC(=O)OCc1ccccc1)c1ccccc1. The molecule has 0 aliphatic carbocycles. The Morgan fingerprint density at radius 2 is 1.44 bits per heavy atom. The van der Waals surface area contributed by atoms with Gasteiger partial charge in [0.2, 0.25) is 0 Å². The molecule has 3 rings (SSSR count). The van der Waals surface area contributed by atoms with E-state index in [0.29, 0.717) is 23.3 Å². The van der Waals surface area contributed by atoms with Crippen molar-refractivity contribution in [2.45, 2.75) is 50.1 Å². The third-order valence-corrected chi connectivity index (χ3v) is 6.37. The summed E-state index contributed by atoms with van der Waals surface area (Å²) in [6.07, 6.45) is -12.4. The molecule has 11 heteroatoms. The van der Waals surface area contributed by atoms with Crippen molar-refractivity contribution in [1.29, 1.82) is 0 Å². The highest BCUT2D eigenvalue weighted by Gasteiger charge is 2.39. The monoisotopic (exact) mass is 581 g/mol. The van der Waals surface area contributed by atoms with Gasteiger partial charge in [-0.05, 0) is 41.8 Å². The lowest BCUT2D eigenvalue weighted by Gasteiger charge is -2.37. The van der Waals surface area contributed by atoms with Gasteiger partial charge in [-0.25, -0.2) is 4.79 Å². The summed E-state index contributed by atoms with van der Waals surface area (Å²) in [6, 6.07) is 18.3. The Labute approximate surface area is 233 Å². The van der Waals surface area contributed by atoms with Gasteiger partial charge in [-0.1, -0.05) is 66.7 Å². The molecular weight excluding hydrogens is 552 g/mol. The molecule has 1 amide bonds. The largest absolute Gasteiger partial charge is 0.445 e. The number of rotatable bonds is 11. The number of ether oxygens (including phenoxy) is 2. The number of hydrogen-bond donors (Lipinski definition) is 2. The van der Waals surface area contributed by atoms with Crippen LogP contribution in [0.15, 0.2) is 91.5 Å². The molecule has 0 saturated heterocycles. The van der Waals surface area contributed by atoms with Crippen LogP contribution in [0, 0.1) is 0 Å². The van der Waals surface area contributed by atoms with E-state index in [1.807, 2.05) is 0 Å². The maximum Gasteiger partial charge on any atom is 0.416 e. The lowest BCUT2D eigenvalue weighted by atomic mass is 9.85. The Hall–Kier alpha value is -3.83. The zero-order chi connectivity index (χ0) is 30.3. The van der Waals surface area contributed by atoms with Crippen molar-refractivity contribution in [2.24, 2.45) is 0 Å². The maximum absolute atomic E-state index is 13.4. The van der Waals surface area contributed by atoms with E-state index in [9.17, 15) is 36.2 Å². The number of alkyl halides is 6. The van der Waals surface area contributed by atoms with E-state index < -0.39 is 53.9 Å². The van der Waals surface area contributed by atoms with E-state index >= 15 is 0 Å². The summed E-state index contributed by atoms with van der Waals surface area (Å²) in [4.78, 5) is 13.0. The minimum atomic E-state index is -5.03. The Morgan fingerprint density at radius 3 is 1.95 bits per heavy atom. The molecule has 0 aliphatic heterocycles. The molecule has 0 aromatic heterocycles. The van der Waals surface area contributed by atoms with Crippen LogP contribution in [0.5, 0.6) is 0 Å². The molecular formula is C30H29F6NO4. The van der Waals surface area contributed by atoms with Gasteiger partial charge in [-0.15, -0.1) is 6.58 Å². The highest BCUT2D eigenvalue weighted by Crippen LogP contribution is 2.38. The number of aliphatic hydroxyl groups is 1. The molecule has 0 unspecified atom stereocenters. The van der Waals surface area contributed by atoms with E-state index in [1.54, 1.807) is 60.7 Å². The smallest absolute Gasteiger partial charge is 0.416 e. The number of alkyl carbamates (subject to hydrolysis) is 1. The first kappa shape index (κ1) is 31.7. The highest BCUT2D eigenvalue weighted by molar-refractivity contribution is 5.69. The molecule has 0 heterocycles. The standard InChI is InChI=1S/C30H29F6NO4/c1-3-26(38)17-28(23-12-8-5-9-13-23,37-27(39)40-18-21-10-6-4-7-11-21)19-41-20(2)22-14-24(29(31,32)33)16-25(15-22)30(34,35)36/h3-16,20,26,38H,1,17-19H2,2H3,(H,37,39)/t20-,26-,28-/m1/s1. The number of benzene rings is 3. The van der Waals surface area contributed by atoms with E-state index in [4.69, 9.17) is 9.47 Å². The average molecular weight is 582 g/mol. The minimum absolute atomic E-state index is 0.0369. The van der Waals surface area contributed by atoms with Crippen LogP contribution in [0.3, 0.4) is 0 Å². The fourth-order valence-electron chi connectivity index (χ4n) is 4.15. The second-order valence-corrected chi connectivity index (χ2v) is 9.43. The van der Waals surface area contributed by atoms with Gasteiger partial charge in [-0.3, -0.25) is 0 Å². The predicted octanol–water partition coefficient (Wildman–Crippen LogP) is 7.56. The highest BCUT2D eigenvalue weighted by atomic mass is 19.4. The lowest BCUT2D eigenvalue weighted by molar-refractivity contribution is -0.143. The van der Waals surface area contributed by atoms with Gasteiger partial charge in [0.1, 0.15) is 6.61 Å². The summed E-state index contributed by atoms with van der Waals surface area (Å²) in [5.41, 5.74) is -3.68. The fraction of sp³-hybridized carbons (Fsp3) is 0.300. The molecule has 0 radical (unpaired) electrons. The first-order valence-corrected chi connectivity index (χ1v) is 12.5. The average Bonchev–Trinajstić information content (AvgIpc) is 2.94. The number of nitrogens with one attached hydrogen (secondary N) is 1. The zero-order valence-electron chi connectivity index (χ0n) is 22.0. The number of hydrogen-bond acceptors (Lipinski definition) is 4. The van der Waals surface area contributed by atoms with Crippen molar-refractivity contribution >= 4 is 6.09 Å². The number of carbonyl (C=O) groups excluding carboxylic acids is 1. The summed E-state index contributed by atoms with van der Waals surface area (Å²) in [7, 11) is 0. The van der Waals surface area contributed by atoms with Crippen molar-refractivity contribution in [3.05, 3.63) is 119 Å². The van der Waals surface area contributed by atoms with Gasteiger partial charge in [0.05, 0.1) is 35.5 Å². The molecule has 2 N–H and O–H groups in total. The molecule has 5 nitrogen and oxygen atoms in total. The topological polar surface area (TPSA) is 67.8 Å². The second-order valence-electron chi connectivity index (χ2n) is 9.43. The molecule has 41 heavy (non-hydrogen) atoms. The maximum atomic E-state index is 13.4. The molecule has 3 aromatic carbocycles. The summed E-state index contributed by atoms with van der Waals surface area (Å²) < 4.78 is 91.7. The third kappa shape index (κ3) is 8.83. The Kier molecular flexibility index (Phi) is 10.2. The van der Waals surface area contributed by atoms with Crippen LogP contribution < -0.4 is 5.32 Å². The van der Waals surface area contributed by atoms with Crippen molar-refractivity contribution in [3.63, 3.8) is 0 Å². The van der Waals surface area contributed by atoms with Crippen LogP contribution in [-0.4, -0.2) is 23.9 Å². The second kappa shape index (κ2) is 13.2. The van der Waals surface area contributed by atoms with Crippen LogP contribution in [0.2, 0.25) is 0 Å². The molecule has 3 atom stereocenters. The van der Waals surface area contributed by atoms with E-state index in [0.717, 1.165) is 0 Å².